The van der Waals surface area contributed by atoms with E-state index in [0.717, 1.165) is 28.1 Å². The molecule has 2 aromatic carbocycles. The van der Waals surface area contributed by atoms with Crippen molar-refractivity contribution >= 4 is 29.3 Å². The number of halogens is 1. The fraction of sp³-hybridized carbons (Fsp3) is 0.227. The lowest BCUT2D eigenvalue weighted by Gasteiger charge is -2.34. The van der Waals surface area contributed by atoms with Crippen molar-refractivity contribution in [3.63, 3.8) is 0 Å². The quantitative estimate of drug-likeness (QED) is 0.834. The van der Waals surface area contributed by atoms with Gasteiger partial charge in [-0.25, -0.2) is 14.2 Å². The van der Waals surface area contributed by atoms with E-state index in [9.17, 15) is 14.0 Å². The summed E-state index contributed by atoms with van der Waals surface area (Å²) in [6.45, 7) is 4.07. The molecule has 2 aromatic rings. The van der Waals surface area contributed by atoms with E-state index in [1.807, 2.05) is 37.1 Å². The molecule has 0 saturated carbocycles. The summed E-state index contributed by atoms with van der Waals surface area (Å²) < 4.78 is 13.5. The van der Waals surface area contributed by atoms with E-state index in [0.29, 0.717) is 5.96 Å². The van der Waals surface area contributed by atoms with E-state index in [1.165, 1.54) is 17.0 Å². The van der Waals surface area contributed by atoms with Gasteiger partial charge >= 0.3 is 6.03 Å². The van der Waals surface area contributed by atoms with Crippen molar-refractivity contribution in [1.29, 1.82) is 0 Å². The van der Waals surface area contributed by atoms with Crippen LogP contribution in [0.4, 0.5) is 14.9 Å². The van der Waals surface area contributed by atoms with Crippen LogP contribution in [-0.2, 0) is 4.79 Å². The van der Waals surface area contributed by atoms with Gasteiger partial charge in [0.15, 0.2) is 12.2 Å². The minimum absolute atomic E-state index is 0.320. The molecule has 2 unspecified atom stereocenters. The summed E-state index contributed by atoms with van der Waals surface area (Å²) in [6, 6.07) is 11.2. The number of hydrogen-bond donors (Lipinski definition) is 1. The Bertz CT molecular complexity index is 1140. The van der Waals surface area contributed by atoms with Crippen molar-refractivity contribution in [1.82, 2.24) is 15.1 Å². The van der Waals surface area contributed by atoms with Crippen LogP contribution in [0.25, 0.3) is 5.70 Å². The van der Waals surface area contributed by atoms with Gasteiger partial charge in [-0.15, -0.1) is 0 Å². The summed E-state index contributed by atoms with van der Waals surface area (Å²) in [6.07, 6.45) is 1.23. The van der Waals surface area contributed by atoms with Gasteiger partial charge in [0.25, 0.3) is 5.91 Å². The van der Waals surface area contributed by atoms with Crippen molar-refractivity contribution in [2.45, 2.75) is 26.1 Å². The first kappa shape index (κ1) is 18.4. The molecule has 3 aliphatic rings. The number of guanidine groups is 1. The van der Waals surface area contributed by atoms with Gasteiger partial charge in [-0.05, 0) is 61.4 Å². The Labute approximate surface area is 173 Å². The number of carbonyl (C=O) groups is 2. The van der Waals surface area contributed by atoms with Crippen LogP contribution in [0.1, 0.15) is 16.7 Å². The molecule has 3 heterocycles. The zero-order chi connectivity index (χ0) is 21.2. The normalized spacial score (nSPS) is 22.6. The summed E-state index contributed by atoms with van der Waals surface area (Å²) in [4.78, 5) is 34.6. The number of fused-ring (bicyclic) bond motifs is 3. The van der Waals surface area contributed by atoms with Gasteiger partial charge in [-0.1, -0.05) is 6.07 Å². The van der Waals surface area contributed by atoms with Gasteiger partial charge in [-0.3, -0.25) is 19.9 Å². The molecule has 152 valence electrons. The van der Waals surface area contributed by atoms with Gasteiger partial charge in [0.1, 0.15) is 5.82 Å². The first-order chi connectivity index (χ1) is 14.3. The average Bonchev–Trinajstić information content (AvgIpc) is 3.25. The SMILES string of the molecule is Cc1ccc(N2C(c3ccc(F)cc3)=CN3C2=NC2C3C(=O)NC(=O)N2C)cc1C. The Morgan fingerprint density at radius 3 is 2.47 bits per heavy atom. The van der Waals surface area contributed by atoms with E-state index >= 15 is 0 Å². The highest BCUT2D eigenvalue weighted by Crippen LogP contribution is 2.39. The highest BCUT2D eigenvalue weighted by molar-refractivity contribution is 6.16. The van der Waals surface area contributed by atoms with E-state index in [4.69, 9.17) is 4.99 Å². The van der Waals surface area contributed by atoms with Crippen LogP contribution in [-0.4, -0.2) is 47.0 Å². The molecule has 0 bridgehead atoms. The van der Waals surface area contributed by atoms with Crippen LogP contribution in [0.5, 0.6) is 0 Å². The van der Waals surface area contributed by atoms with E-state index < -0.39 is 24.1 Å². The molecule has 0 aliphatic carbocycles. The highest BCUT2D eigenvalue weighted by atomic mass is 19.1. The van der Waals surface area contributed by atoms with Gasteiger partial charge in [0.2, 0.25) is 5.96 Å². The number of amides is 3. The number of imide groups is 1. The van der Waals surface area contributed by atoms with Crippen LogP contribution in [0.15, 0.2) is 53.7 Å². The van der Waals surface area contributed by atoms with Crippen molar-refractivity contribution in [2.75, 3.05) is 11.9 Å². The minimum atomic E-state index is -0.658. The topological polar surface area (TPSA) is 68.2 Å². The number of benzene rings is 2. The number of nitrogens with zero attached hydrogens (tertiary/aromatic N) is 4. The summed E-state index contributed by atoms with van der Waals surface area (Å²) in [7, 11) is 1.62. The predicted octanol–water partition coefficient (Wildman–Crippen LogP) is 2.81. The van der Waals surface area contributed by atoms with Gasteiger partial charge in [0, 0.05) is 24.5 Å². The fourth-order valence-corrected chi connectivity index (χ4v) is 4.02. The molecule has 2 atom stereocenters. The number of rotatable bonds is 2. The van der Waals surface area contributed by atoms with Gasteiger partial charge in [0.05, 0.1) is 5.70 Å². The first-order valence-corrected chi connectivity index (χ1v) is 9.64. The van der Waals surface area contributed by atoms with Gasteiger partial charge in [-0.2, -0.15) is 0 Å². The number of aryl methyl sites for hydroxylation is 2. The Morgan fingerprint density at radius 1 is 1.03 bits per heavy atom. The Morgan fingerprint density at radius 2 is 1.77 bits per heavy atom. The highest BCUT2D eigenvalue weighted by Gasteiger charge is 2.52. The Kier molecular flexibility index (Phi) is 3.92. The predicted molar refractivity (Wildman–Crippen MR) is 111 cm³/mol. The molecule has 8 heteroatoms. The van der Waals surface area contributed by atoms with Crippen molar-refractivity contribution in [3.05, 3.63) is 71.2 Å². The molecule has 0 radical (unpaired) electrons. The molecule has 0 aromatic heterocycles. The number of nitrogens with one attached hydrogen (secondary N) is 1. The standard InChI is InChI=1S/C22H20FN5O2/c1-12-4-9-16(10-13(12)2)28-17(14-5-7-15(23)8-6-14)11-27-18-19(24-21(27)28)26(3)22(30)25-20(18)29/h4-11,18-19H,1-3H3,(H,25,29,30). The third kappa shape index (κ3) is 2.60. The van der Waals surface area contributed by atoms with Crippen LogP contribution in [0.2, 0.25) is 0 Å². The first-order valence-electron chi connectivity index (χ1n) is 9.64. The van der Waals surface area contributed by atoms with E-state index in [-0.39, 0.29) is 5.82 Å². The Hall–Kier alpha value is -3.68. The number of urea groups is 1. The van der Waals surface area contributed by atoms with Crippen molar-refractivity contribution in [3.8, 4) is 0 Å². The number of hydrogen-bond acceptors (Lipinski definition) is 5. The molecule has 0 spiro atoms. The zero-order valence-electron chi connectivity index (χ0n) is 16.8. The third-order valence-corrected chi connectivity index (χ3v) is 5.87. The maximum absolute atomic E-state index is 13.5. The molecule has 3 amide bonds. The van der Waals surface area contributed by atoms with E-state index in [1.54, 1.807) is 24.1 Å². The second-order valence-electron chi connectivity index (χ2n) is 7.73. The average molecular weight is 405 g/mol. The lowest BCUT2D eigenvalue weighted by molar-refractivity contribution is -0.126. The number of anilines is 1. The molecule has 5 rings (SSSR count). The number of carbonyl (C=O) groups excluding carboxylic acids is 2. The van der Waals surface area contributed by atoms with E-state index in [2.05, 4.69) is 11.4 Å². The summed E-state index contributed by atoms with van der Waals surface area (Å²) >= 11 is 0. The second kappa shape index (κ2) is 6.41. The summed E-state index contributed by atoms with van der Waals surface area (Å²) in [5, 5.41) is 2.38. The molecular weight excluding hydrogens is 385 g/mol. The second-order valence-corrected chi connectivity index (χ2v) is 7.73. The molecule has 30 heavy (non-hydrogen) atoms. The lowest BCUT2D eigenvalue weighted by Crippen LogP contribution is -2.62. The summed E-state index contributed by atoms with van der Waals surface area (Å²) in [5.41, 5.74) is 4.73. The molecular formula is C22H20FN5O2. The van der Waals surface area contributed by atoms with Crippen LogP contribution >= 0.6 is 0 Å². The maximum atomic E-state index is 13.5. The Balaban J connectivity index is 1.65. The molecule has 3 aliphatic heterocycles. The van der Waals surface area contributed by atoms with Crippen molar-refractivity contribution in [2.24, 2.45) is 4.99 Å². The maximum Gasteiger partial charge on any atom is 0.325 e. The molecule has 7 nitrogen and oxygen atoms in total. The molecule has 1 saturated heterocycles. The smallest absolute Gasteiger partial charge is 0.303 e. The van der Waals surface area contributed by atoms with Crippen LogP contribution in [0.3, 0.4) is 0 Å². The van der Waals surface area contributed by atoms with Gasteiger partial charge < -0.3 is 4.90 Å². The zero-order valence-corrected chi connectivity index (χ0v) is 16.8. The molecule has 1 N–H and O–H groups in total. The van der Waals surface area contributed by atoms with Crippen LogP contribution in [0, 0.1) is 19.7 Å². The fourth-order valence-electron chi connectivity index (χ4n) is 4.02. The van der Waals surface area contributed by atoms with Crippen LogP contribution < -0.4 is 10.2 Å². The third-order valence-electron chi connectivity index (χ3n) is 5.87. The monoisotopic (exact) mass is 405 g/mol. The summed E-state index contributed by atoms with van der Waals surface area (Å²) in [5.74, 6) is -0.150. The number of likely N-dealkylation sites (N-methyl/N-ethyl adjacent to an activating group) is 1. The number of aliphatic imine (C=N–C) groups is 1. The lowest BCUT2D eigenvalue weighted by atomic mass is 10.1. The molecule has 1 fully saturated rings. The minimum Gasteiger partial charge on any atom is -0.303 e. The largest absolute Gasteiger partial charge is 0.325 e. The van der Waals surface area contributed by atoms with Crippen molar-refractivity contribution < 1.29 is 14.0 Å².